The summed E-state index contributed by atoms with van der Waals surface area (Å²) in [5.74, 6) is 0. The molecule has 0 unspecified atom stereocenters. The van der Waals surface area contributed by atoms with Gasteiger partial charge in [0.05, 0.1) is 12.3 Å². The Morgan fingerprint density at radius 2 is 1.33 bits per heavy atom. The molecule has 0 heterocycles. The summed E-state index contributed by atoms with van der Waals surface area (Å²) >= 11 is 3.04. The van der Waals surface area contributed by atoms with E-state index < -0.39 is 24.2 Å². The van der Waals surface area contributed by atoms with Gasteiger partial charge in [0, 0.05) is 4.47 Å². The summed E-state index contributed by atoms with van der Waals surface area (Å²) in [6.45, 7) is 0. The minimum atomic E-state index is -0.527. The van der Waals surface area contributed by atoms with Crippen LogP contribution in [0, 0.1) is 0 Å². The number of hydrogen-bond donors (Lipinski definition) is 0. The first-order valence-corrected chi connectivity index (χ1v) is 4.98. The van der Waals surface area contributed by atoms with Crippen molar-refractivity contribution in [1.29, 1.82) is 0 Å². The Labute approximate surface area is 109 Å². The number of rotatable bonds is 0. The van der Waals surface area contributed by atoms with Crippen molar-refractivity contribution in [2.45, 2.75) is 0 Å². The Kier molecular flexibility index (Phi) is 0.805. The zero-order valence-corrected chi connectivity index (χ0v) is 8.96. The van der Waals surface area contributed by atoms with Gasteiger partial charge in [0.15, 0.2) is 0 Å². The van der Waals surface area contributed by atoms with Gasteiger partial charge < -0.3 is 0 Å². The molecule has 3 aromatic rings. The molecule has 0 saturated heterocycles. The van der Waals surface area contributed by atoms with E-state index in [0.29, 0.717) is 0 Å². The Bertz CT molecular complexity index is 894. The van der Waals surface area contributed by atoms with Crippen LogP contribution in [0.5, 0.6) is 0 Å². The zero-order chi connectivity index (χ0) is 18.1. The lowest BCUT2D eigenvalue weighted by atomic mass is 10.0. The molecule has 0 amide bonds. The quantitative estimate of drug-likeness (QED) is 0.515. The molecule has 0 bridgehead atoms. The molecule has 0 saturated carbocycles. The van der Waals surface area contributed by atoms with E-state index in [0.717, 1.165) is 0 Å². The molecule has 72 valence electrons. The van der Waals surface area contributed by atoms with Crippen molar-refractivity contribution in [3.05, 3.63) is 58.9 Å². The van der Waals surface area contributed by atoms with Crippen molar-refractivity contribution in [2.24, 2.45) is 0 Å². The summed E-state index contributed by atoms with van der Waals surface area (Å²) in [6, 6.07) is -3.60. The van der Waals surface area contributed by atoms with Gasteiger partial charge in [0.1, 0.15) is 0 Å². The molecule has 0 fully saturated rings. The zero-order valence-electron chi connectivity index (χ0n) is 16.4. The van der Waals surface area contributed by atoms with Gasteiger partial charge in [-0.2, -0.15) is 0 Å². The first kappa shape index (κ1) is 3.60. The molecule has 1 heteroatoms. The Morgan fingerprint density at radius 1 is 0.733 bits per heavy atom. The molecule has 0 nitrogen and oxygen atoms in total. The predicted molar refractivity (Wildman–Crippen MR) is 69.2 cm³/mol. The molecule has 0 aliphatic rings. The van der Waals surface area contributed by atoms with E-state index in [2.05, 4.69) is 15.9 Å². The third-order valence-electron chi connectivity index (χ3n) is 1.97. The second-order valence-electron chi connectivity index (χ2n) is 2.94. The normalized spacial score (nSPS) is 19.4. The minimum Gasteiger partial charge on any atom is -0.0616 e. The van der Waals surface area contributed by atoms with Gasteiger partial charge in [0.25, 0.3) is 0 Å². The lowest BCUT2D eigenvalue weighted by Gasteiger charge is -2.02. The van der Waals surface area contributed by atoms with E-state index in [9.17, 15) is 0 Å². The van der Waals surface area contributed by atoms with Crippen molar-refractivity contribution >= 4 is 37.5 Å². The number of hydrogen-bond acceptors (Lipinski definition) is 0. The Balaban J connectivity index is 2.82. The Morgan fingerprint density at radius 3 is 2.07 bits per heavy atom. The summed E-state index contributed by atoms with van der Waals surface area (Å²) in [6.07, 6.45) is 0. The fraction of sp³-hybridized carbons (Fsp3) is 0. The van der Waals surface area contributed by atoms with Gasteiger partial charge in [-0.25, -0.2) is 0 Å². The van der Waals surface area contributed by atoms with Crippen molar-refractivity contribution in [2.75, 3.05) is 0 Å². The summed E-state index contributed by atoms with van der Waals surface area (Å²) < 4.78 is 72.2. The molecule has 0 spiro atoms. The van der Waals surface area contributed by atoms with Crippen LogP contribution < -0.4 is 0 Å². The van der Waals surface area contributed by atoms with Gasteiger partial charge in [-0.1, -0.05) is 46.1 Å². The number of fused-ring (bicyclic) bond motifs is 2. The molecule has 15 heavy (non-hydrogen) atoms. The smallest absolute Gasteiger partial charge is 0.0616 e. The summed E-state index contributed by atoms with van der Waals surface area (Å²) in [5, 5.41) is -0.537. The van der Waals surface area contributed by atoms with Gasteiger partial charge in [0.2, 0.25) is 0 Å². The molecule has 3 aromatic carbocycles. The maximum atomic E-state index is 8.32. The largest absolute Gasteiger partial charge is 0.0641 e. The van der Waals surface area contributed by atoms with E-state index in [4.69, 9.17) is 12.3 Å². The monoisotopic (exact) mass is 265 g/mol. The van der Waals surface area contributed by atoms with Crippen molar-refractivity contribution in [3.63, 3.8) is 0 Å². The molecule has 0 aliphatic heterocycles. The van der Waals surface area contributed by atoms with Crippen LogP contribution in [0.25, 0.3) is 21.5 Å². The van der Waals surface area contributed by atoms with Gasteiger partial charge in [-0.15, -0.1) is 0 Å². The Hall–Kier alpha value is -1.34. The highest BCUT2D eigenvalue weighted by molar-refractivity contribution is 9.10. The lowest BCUT2D eigenvalue weighted by molar-refractivity contribution is 1.72. The maximum Gasteiger partial charge on any atom is 0.0641 e. The van der Waals surface area contributed by atoms with E-state index in [1.165, 1.54) is 0 Å². The van der Waals surface area contributed by atoms with Gasteiger partial charge in [-0.05, 0) is 45.7 Å². The lowest BCUT2D eigenvalue weighted by Crippen LogP contribution is -1.75. The fourth-order valence-corrected chi connectivity index (χ4v) is 1.62. The minimum absolute atomic E-state index is 0.00749. The van der Waals surface area contributed by atoms with E-state index in [-0.39, 0.29) is 56.2 Å². The number of halogens is 1. The van der Waals surface area contributed by atoms with Crippen LogP contribution in [0.2, 0.25) is 0 Å². The first-order valence-electron chi connectivity index (χ1n) is 8.69. The van der Waals surface area contributed by atoms with Crippen molar-refractivity contribution in [3.8, 4) is 0 Å². The summed E-state index contributed by atoms with van der Waals surface area (Å²) in [5.41, 5.74) is 0. The van der Waals surface area contributed by atoms with Crippen molar-refractivity contribution < 1.29 is 12.3 Å². The van der Waals surface area contributed by atoms with Crippen molar-refractivity contribution in [1.82, 2.24) is 0 Å². The van der Waals surface area contributed by atoms with E-state index >= 15 is 0 Å². The van der Waals surface area contributed by atoms with Crippen LogP contribution >= 0.6 is 15.9 Å². The highest BCUT2D eigenvalue weighted by Crippen LogP contribution is 2.25. The third-order valence-corrected chi connectivity index (χ3v) is 2.37. The summed E-state index contributed by atoms with van der Waals surface area (Å²) in [7, 11) is 0. The molecule has 0 aromatic heterocycles. The standard InChI is InChI=1S/C14H9Br/c15-14-6-5-12-7-10-3-1-2-4-11(10)8-13(12)9-14/h1-9H/i1D,2D,3D,4D,5D,6D,7D,8D,9D. The number of benzene rings is 3. The van der Waals surface area contributed by atoms with Gasteiger partial charge >= 0.3 is 0 Å². The molecule has 0 atom stereocenters. The molecular weight excluding hydrogens is 248 g/mol. The summed E-state index contributed by atoms with van der Waals surface area (Å²) in [4.78, 5) is 0. The second-order valence-corrected chi connectivity index (χ2v) is 3.73. The van der Waals surface area contributed by atoms with Gasteiger partial charge in [-0.3, -0.25) is 0 Å². The highest BCUT2D eigenvalue weighted by atomic mass is 79.9. The van der Waals surface area contributed by atoms with Crippen LogP contribution in [-0.2, 0) is 0 Å². The van der Waals surface area contributed by atoms with E-state index in [1.54, 1.807) is 0 Å². The van der Waals surface area contributed by atoms with Crippen LogP contribution in [-0.4, -0.2) is 0 Å². The van der Waals surface area contributed by atoms with Crippen LogP contribution in [0.4, 0.5) is 0 Å². The molecule has 3 rings (SSSR count). The van der Waals surface area contributed by atoms with Crippen LogP contribution in [0.3, 0.4) is 0 Å². The average Bonchev–Trinajstić information content (AvgIpc) is 2.55. The molecular formula is C14H9Br. The third kappa shape index (κ3) is 1.53. The SMILES string of the molecule is [2H]c1c([2H])c([2H])c2c([2H])c3c([2H])c(Br)c([2H])c([2H])c3c([2H])c2c1[2H]. The second kappa shape index (κ2) is 3.35. The van der Waals surface area contributed by atoms with Crippen LogP contribution in [0.15, 0.2) is 58.9 Å². The predicted octanol–water partition coefficient (Wildman–Crippen LogP) is 4.76. The highest BCUT2D eigenvalue weighted by Gasteiger charge is 1.97. The fourth-order valence-electron chi connectivity index (χ4n) is 1.32. The van der Waals surface area contributed by atoms with E-state index in [1.807, 2.05) is 0 Å². The molecule has 0 N–H and O–H groups in total. The maximum absolute atomic E-state index is 8.32. The average molecular weight is 266 g/mol. The first-order chi connectivity index (χ1) is 11.1. The van der Waals surface area contributed by atoms with Crippen LogP contribution in [0.1, 0.15) is 12.3 Å². The molecule has 0 aliphatic carbocycles. The topological polar surface area (TPSA) is 0 Å². The molecule has 0 radical (unpaired) electrons.